The van der Waals surface area contributed by atoms with Gasteiger partial charge in [0.1, 0.15) is 24.7 Å². The Labute approximate surface area is 186 Å². The highest BCUT2D eigenvalue weighted by molar-refractivity contribution is 6.05. The fraction of sp³-hybridized carbons (Fsp3) is 0.292. The molecule has 166 valence electrons. The van der Waals surface area contributed by atoms with E-state index < -0.39 is 0 Å². The molecule has 1 aliphatic rings. The summed E-state index contributed by atoms with van der Waals surface area (Å²) < 4.78 is 10.7. The largest absolute Gasteiger partial charge is 0.493 e. The Kier molecular flexibility index (Phi) is 7.84. The molecule has 0 aromatic heterocycles. The van der Waals surface area contributed by atoms with Gasteiger partial charge in [-0.05, 0) is 30.2 Å². The molecule has 1 heterocycles. The van der Waals surface area contributed by atoms with Gasteiger partial charge in [-0.1, -0.05) is 24.1 Å². The van der Waals surface area contributed by atoms with Crippen LogP contribution in [-0.4, -0.2) is 49.2 Å². The van der Waals surface area contributed by atoms with Crippen LogP contribution in [0.4, 0.5) is 5.69 Å². The highest BCUT2D eigenvalue weighted by atomic mass is 16.5. The van der Waals surface area contributed by atoms with E-state index in [0.29, 0.717) is 41.4 Å². The van der Waals surface area contributed by atoms with E-state index in [-0.39, 0.29) is 44.0 Å². The Morgan fingerprint density at radius 3 is 2.72 bits per heavy atom. The number of rotatable bonds is 8. The van der Waals surface area contributed by atoms with E-state index in [2.05, 4.69) is 16.2 Å². The summed E-state index contributed by atoms with van der Waals surface area (Å²) in [6.45, 7) is 0.385. The third-order valence-electron chi connectivity index (χ3n) is 4.90. The summed E-state index contributed by atoms with van der Waals surface area (Å²) in [4.78, 5) is 28.4. The van der Waals surface area contributed by atoms with Crippen molar-refractivity contribution in [3.8, 4) is 18.1 Å². The molecule has 1 amide bonds. The van der Waals surface area contributed by atoms with Crippen LogP contribution < -0.4 is 15.8 Å². The maximum Gasteiger partial charge on any atom is 0.306 e. The number of esters is 1. The van der Waals surface area contributed by atoms with Crippen molar-refractivity contribution in [2.45, 2.75) is 12.8 Å². The van der Waals surface area contributed by atoms with Crippen LogP contribution in [0.2, 0.25) is 0 Å². The van der Waals surface area contributed by atoms with Crippen molar-refractivity contribution in [1.82, 2.24) is 0 Å². The number of anilines is 1. The summed E-state index contributed by atoms with van der Waals surface area (Å²) in [5, 5.41) is 11.6. The standard InChI is InChI=1S/C24H25N3O5/c1-2-9-26-23(25)17-3-5-18(6-4-17)24(30)27-20-8-7-19-12-16(15-32-21(19)14-20)13-22(29)31-11-10-28/h1,3-8,14,16,28H,9-13,15H2,(H2,25,26)(H,27,30). The lowest BCUT2D eigenvalue weighted by atomic mass is 9.94. The van der Waals surface area contributed by atoms with Crippen LogP contribution in [0, 0.1) is 18.3 Å². The molecule has 1 unspecified atom stereocenters. The van der Waals surface area contributed by atoms with Gasteiger partial charge in [0, 0.05) is 28.8 Å². The highest BCUT2D eigenvalue weighted by Crippen LogP contribution is 2.31. The molecule has 0 aliphatic carbocycles. The van der Waals surface area contributed by atoms with Gasteiger partial charge in [-0.2, -0.15) is 0 Å². The Morgan fingerprint density at radius 1 is 1.25 bits per heavy atom. The maximum absolute atomic E-state index is 12.6. The number of terminal acetylenes is 1. The number of aliphatic hydroxyl groups is 1. The van der Waals surface area contributed by atoms with Crippen molar-refractivity contribution >= 4 is 23.4 Å². The molecular weight excluding hydrogens is 410 g/mol. The summed E-state index contributed by atoms with van der Waals surface area (Å²) >= 11 is 0. The molecule has 1 aliphatic heterocycles. The number of hydrogen-bond donors (Lipinski definition) is 3. The van der Waals surface area contributed by atoms with Gasteiger partial charge in [-0.25, -0.2) is 0 Å². The number of amidine groups is 1. The van der Waals surface area contributed by atoms with Crippen molar-refractivity contribution in [2.24, 2.45) is 16.6 Å². The summed E-state index contributed by atoms with van der Waals surface area (Å²) in [6, 6.07) is 12.2. The maximum atomic E-state index is 12.6. The normalized spacial score (nSPS) is 15.1. The lowest BCUT2D eigenvalue weighted by Gasteiger charge is -2.25. The van der Waals surface area contributed by atoms with Crippen molar-refractivity contribution < 1.29 is 24.2 Å². The Morgan fingerprint density at radius 2 is 2.00 bits per heavy atom. The molecule has 8 nitrogen and oxygen atoms in total. The fourth-order valence-corrected chi connectivity index (χ4v) is 3.32. The first-order valence-corrected chi connectivity index (χ1v) is 10.2. The van der Waals surface area contributed by atoms with E-state index in [1.807, 2.05) is 6.07 Å². The molecule has 4 N–H and O–H groups in total. The number of nitrogens with two attached hydrogens (primary N) is 1. The summed E-state index contributed by atoms with van der Waals surface area (Å²) in [7, 11) is 0. The van der Waals surface area contributed by atoms with E-state index >= 15 is 0 Å². The van der Waals surface area contributed by atoms with Crippen molar-refractivity contribution in [3.05, 3.63) is 59.2 Å². The summed E-state index contributed by atoms with van der Waals surface area (Å²) in [5.74, 6) is 2.78. The van der Waals surface area contributed by atoms with Crippen molar-refractivity contribution in [1.29, 1.82) is 0 Å². The number of carbonyl (C=O) groups is 2. The predicted octanol–water partition coefficient (Wildman–Crippen LogP) is 1.75. The average Bonchev–Trinajstić information content (AvgIpc) is 2.81. The topological polar surface area (TPSA) is 123 Å². The molecule has 0 fully saturated rings. The SMILES string of the molecule is C#CCN=C(N)c1ccc(C(=O)Nc2ccc3c(c2)OCC(CC(=O)OCCO)C3)cc1. The minimum atomic E-state index is -0.352. The molecule has 8 heteroatoms. The van der Waals surface area contributed by atoms with E-state index in [1.165, 1.54) is 0 Å². The molecule has 3 rings (SSSR count). The number of amides is 1. The molecule has 0 saturated heterocycles. The Bertz CT molecular complexity index is 1040. The fourth-order valence-electron chi connectivity index (χ4n) is 3.32. The second-order valence-corrected chi connectivity index (χ2v) is 7.29. The average molecular weight is 435 g/mol. The number of nitrogens with zero attached hydrogens (tertiary/aromatic N) is 1. The first kappa shape index (κ1) is 22.8. The van der Waals surface area contributed by atoms with Crippen LogP contribution in [0.15, 0.2) is 47.5 Å². The van der Waals surface area contributed by atoms with E-state index in [9.17, 15) is 9.59 Å². The number of hydrogen-bond acceptors (Lipinski definition) is 6. The van der Waals surface area contributed by atoms with Crippen LogP contribution in [0.1, 0.15) is 27.9 Å². The predicted molar refractivity (Wildman–Crippen MR) is 121 cm³/mol. The second-order valence-electron chi connectivity index (χ2n) is 7.29. The van der Waals surface area contributed by atoms with Crippen LogP contribution >= 0.6 is 0 Å². The molecule has 0 saturated carbocycles. The van der Waals surface area contributed by atoms with Crippen LogP contribution in [0.25, 0.3) is 0 Å². The Hall–Kier alpha value is -3.83. The number of aliphatic hydroxyl groups excluding tert-OH is 1. The molecular formula is C24H25N3O5. The number of nitrogens with one attached hydrogen (secondary N) is 1. The number of fused-ring (bicyclic) bond motifs is 1. The molecule has 32 heavy (non-hydrogen) atoms. The quantitative estimate of drug-likeness (QED) is 0.251. The summed E-state index contributed by atoms with van der Waals surface area (Å²) in [5.41, 5.74) is 8.58. The number of aliphatic imine (C=N–C) groups is 1. The molecule has 0 spiro atoms. The zero-order valence-corrected chi connectivity index (χ0v) is 17.5. The molecule has 1 atom stereocenters. The number of ether oxygens (including phenoxy) is 2. The number of benzene rings is 2. The third-order valence-corrected chi connectivity index (χ3v) is 4.90. The van der Waals surface area contributed by atoms with Gasteiger partial charge in [0.25, 0.3) is 5.91 Å². The second kappa shape index (κ2) is 11.0. The zero-order chi connectivity index (χ0) is 22.9. The monoisotopic (exact) mass is 435 g/mol. The minimum Gasteiger partial charge on any atom is -0.493 e. The summed E-state index contributed by atoms with van der Waals surface area (Å²) in [6.07, 6.45) is 6.07. The van der Waals surface area contributed by atoms with Crippen molar-refractivity contribution in [3.63, 3.8) is 0 Å². The smallest absolute Gasteiger partial charge is 0.306 e. The first-order valence-electron chi connectivity index (χ1n) is 10.2. The number of carbonyl (C=O) groups excluding carboxylic acids is 2. The van der Waals surface area contributed by atoms with Gasteiger partial charge in [0.2, 0.25) is 0 Å². The van der Waals surface area contributed by atoms with E-state index in [0.717, 1.165) is 5.56 Å². The van der Waals surface area contributed by atoms with Crippen LogP contribution in [-0.2, 0) is 16.0 Å². The van der Waals surface area contributed by atoms with Crippen molar-refractivity contribution in [2.75, 3.05) is 31.7 Å². The zero-order valence-electron chi connectivity index (χ0n) is 17.5. The highest BCUT2D eigenvalue weighted by Gasteiger charge is 2.23. The molecule has 2 aromatic rings. The van der Waals surface area contributed by atoms with E-state index in [4.69, 9.17) is 26.7 Å². The van der Waals surface area contributed by atoms with Gasteiger partial charge in [-0.3, -0.25) is 14.6 Å². The van der Waals surface area contributed by atoms with Gasteiger partial charge in [0.05, 0.1) is 19.6 Å². The molecule has 0 radical (unpaired) electrons. The third kappa shape index (κ3) is 6.09. The van der Waals surface area contributed by atoms with Crippen LogP contribution in [0.5, 0.6) is 5.75 Å². The van der Waals surface area contributed by atoms with Crippen LogP contribution in [0.3, 0.4) is 0 Å². The van der Waals surface area contributed by atoms with E-state index in [1.54, 1.807) is 36.4 Å². The Balaban J connectivity index is 1.59. The van der Waals surface area contributed by atoms with Gasteiger partial charge in [-0.15, -0.1) is 6.42 Å². The lowest BCUT2D eigenvalue weighted by molar-refractivity contribution is -0.146. The molecule has 0 bridgehead atoms. The first-order chi connectivity index (χ1) is 15.5. The van der Waals surface area contributed by atoms with Gasteiger partial charge < -0.3 is 25.6 Å². The van der Waals surface area contributed by atoms with Gasteiger partial charge >= 0.3 is 5.97 Å². The minimum absolute atomic E-state index is 0.00151. The lowest BCUT2D eigenvalue weighted by Crippen LogP contribution is -2.25. The molecule has 2 aromatic carbocycles. The van der Waals surface area contributed by atoms with Gasteiger partial charge in [0.15, 0.2) is 0 Å².